The fraction of sp³-hybridized carbons (Fsp3) is 0.444. The lowest BCUT2D eigenvalue weighted by Gasteiger charge is -2.31. The highest BCUT2D eigenvalue weighted by atomic mass is 16.5. The largest absolute Gasteiger partial charge is 0.349 e. The van der Waals surface area contributed by atoms with Crippen molar-refractivity contribution in [3.05, 3.63) is 70.6 Å². The lowest BCUT2D eigenvalue weighted by Crippen LogP contribution is -2.41. The Balaban J connectivity index is 1.30. The molecule has 6 nitrogen and oxygen atoms in total. The van der Waals surface area contributed by atoms with E-state index in [1.165, 1.54) is 16.7 Å². The summed E-state index contributed by atoms with van der Waals surface area (Å²) in [5.74, 6) is 1.47. The van der Waals surface area contributed by atoms with Gasteiger partial charge in [0.2, 0.25) is 17.6 Å². The van der Waals surface area contributed by atoms with E-state index in [1.807, 2.05) is 31.2 Å². The number of rotatable bonds is 7. The van der Waals surface area contributed by atoms with Crippen LogP contribution >= 0.6 is 0 Å². The molecule has 4 rings (SSSR count). The van der Waals surface area contributed by atoms with Crippen molar-refractivity contribution in [2.24, 2.45) is 5.92 Å². The SMILES string of the molecule is CCC(NC(=O)C1CCN(Cc2nc(-c3ccccc3C)no2)CC1)c1ccc(C)c(C)c1. The molecule has 1 aliphatic rings. The Morgan fingerprint density at radius 1 is 1.09 bits per heavy atom. The van der Waals surface area contributed by atoms with Gasteiger partial charge in [-0.3, -0.25) is 9.69 Å². The number of benzene rings is 2. The van der Waals surface area contributed by atoms with Crippen molar-refractivity contribution < 1.29 is 9.32 Å². The zero-order valence-corrected chi connectivity index (χ0v) is 20.1. The molecule has 33 heavy (non-hydrogen) atoms. The Bertz CT molecular complexity index is 1100. The van der Waals surface area contributed by atoms with Gasteiger partial charge in [0.15, 0.2) is 0 Å². The smallest absolute Gasteiger partial charge is 0.241 e. The van der Waals surface area contributed by atoms with E-state index < -0.39 is 0 Å². The van der Waals surface area contributed by atoms with E-state index in [2.05, 4.69) is 59.3 Å². The second-order valence-corrected chi connectivity index (χ2v) is 9.19. The highest BCUT2D eigenvalue weighted by molar-refractivity contribution is 5.79. The van der Waals surface area contributed by atoms with Crippen LogP contribution in [0.5, 0.6) is 0 Å². The minimum absolute atomic E-state index is 0.0482. The third-order valence-corrected chi connectivity index (χ3v) is 6.83. The summed E-state index contributed by atoms with van der Waals surface area (Å²) in [7, 11) is 0. The molecule has 1 saturated heterocycles. The van der Waals surface area contributed by atoms with Gasteiger partial charge in [-0.2, -0.15) is 4.98 Å². The molecule has 0 spiro atoms. The molecular formula is C27H34N4O2. The van der Waals surface area contributed by atoms with Crippen LogP contribution in [0.4, 0.5) is 0 Å². The maximum absolute atomic E-state index is 13.0. The average Bonchev–Trinajstić information content (AvgIpc) is 3.28. The number of carbonyl (C=O) groups excluding carboxylic acids is 1. The van der Waals surface area contributed by atoms with Crippen LogP contribution in [0.25, 0.3) is 11.4 Å². The molecule has 0 bridgehead atoms. The molecule has 1 N–H and O–H groups in total. The molecule has 0 radical (unpaired) electrons. The summed E-state index contributed by atoms with van der Waals surface area (Å²) in [4.78, 5) is 19.9. The zero-order chi connectivity index (χ0) is 23.4. The highest BCUT2D eigenvalue weighted by Crippen LogP contribution is 2.24. The lowest BCUT2D eigenvalue weighted by atomic mass is 9.94. The number of hydrogen-bond donors (Lipinski definition) is 1. The van der Waals surface area contributed by atoms with Gasteiger partial charge < -0.3 is 9.84 Å². The molecule has 2 heterocycles. The Hall–Kier alpha value is -2.99. The second-order valence-electron chi connectivity index (χ2n) is 9.19. The number of carbonyl (C=O) groups is 1. The van der Waals surface area contributed by atoms with Crippen LogP contribution < -0.4 is 5.32 Å². The first-order chi connectivity index (χ1) is 15.9. The standard InChI is InChI=1S/C27H34N4O2/c1-5-24(22-11-10-18(2)20(4)16-22)28-27(32)21-12-14-31(15-13-21)17-25-29-26(30-33-25)23-9-7-6-8-19(23)3/h6-11,16,21,24H,5,12-15,17H2,1-4H3,(H,28,32). The van der Waals surface area contributed by atoms with Gasteiger partial charge in [-0.15, -0.1) is 0 Å². The number of nitrogens with zero attached hydrogens (tertiary/aromatic N) is 3. The summed E-state index contributed by atoms with van der Waals surface area (Å²) >= 11 is 0. The monoisotopic (exact) mass is 446 g/mol. The lowest BCUT2D eigenvalue weighted by molar-refractivity contribution is -0.127. The molecule has 1 amide bonds. The third kappa shape index (κ3) is 5.50. The molecule has 1 aromatic heterocycles. The van der Waals surface area contributed by atoms with Crippen LogP contribution in [0.3, 0.4) is 0 Å². The molecule has 2 aromatic carbocycles. The number of nitrogens with one attached hydrogen (secondary N) is 1. The van der Waals surface area contributed by atoms with Crippen molar-refractivity contribution in [3.63, 3.8) is 0 Å². The molecule has 1 aliphatic heterocycles. The van der Waals surface area contributed by atoms with E-state index in [0.717, 1.165) is 43.5 Å². The van der Waals surface area contributed by atoms with Gasteiger partial charge in [0, 0.05) is 11.5 Å². The fourth-order valence-electron chi connectivity index (χ4n) is 4.49. The van der Waals surface area contributed by atoms with E-state index in [1.54, 1.807) is 0 Å². The predicted octanol–water partition coefficient (Wildman–Crippen LogP) is 5.14. The summed E-state index contributed by atoms with van der Waals surface area (Å²) < 4.78 is 5.50. The highest BCUT2D eigenvalue weighted by Gasteiger charge is 2.27. The fourth-order valence-corrected chi connectivity index (χ4v) is 4.49. The summed E-state index contributed by atoms with van der Waals surface area (Å²) in [5, 5.41) is 7.45. The van der Waals surface area contributed by atoms with Gasteiger partial charge in [0.1, 0.15) is 0 Å². The number of aromatic nitrogens is 2. The Morgan fingerprint density at radius 3 is 2.55 bits per heavy atom. The quantitative estimate of drug-likeness (QED) is 0.544. The molecule has 174 valence electrons. The summed E-state index contributed by atoms with van der Waals surface area (Å²) in [6, 6.07) is 14.6. The molecule has 1 atom stereocenters. The minimum atomic E-state index is 0.0482. The van der Waals surface area contributed by atoms with Crippen molar-refractivity contribution in [2.45, 2.75) is 59.5 Å². The van der Waals surface area contributed by atoms with Crippen molar-refractivity contribution in [2.75, 3.05) is 13.1 Å². The molecule has 3 aromatic rings. The zero-order valence-electron chi connectivity index (χ0n) is 20.1. The van der Waals surface area contributed by atoms with Gasteiger partial charge in [-0.05, 0) is 75.4 Å². The average molecular weight is 447 g/mol. The first-order valence-corrected chi connectivity index (χ1v) is 11.9. The second kappa shape index (κ2) is 10.3. The van der Waals surface area contributed by atoms with Crippen LogP contribution in [0.2, 0.25) is 0 Å². The number of hydrogen-bond acceptors (Lipinski definition) is 5. The first-order valence-electron chi connectivity index (χ1n) is 11.9. The summed E-state index contributed by atoms with van der Waals surface area (Å²) in [6.07, 6.45) is 2.56. The molecule has 1 unspecified atom stereocenters. The Kier molecular flexibility index (Phi) is 7.23. The van der Waals surface area contributed by atoms with Gasteiger partial charge in [0.25, 0.3) is 0 Å². The van der Waals surface area contributed by atoms with Crippen molar-refractivity contribution in [3.8, 4) is 11.4 Å². The van der Waals surface area contributed by atoms with E-state index in [0.29, 0.717) is 18.3 Å². The summed E-state index contributed by atoms with van der Waals surface area (Å²) in [6.45, 7) is 10.7. The maximum atomic E-state index is 13.0. The predicted molar refractivity (Wildman–Crippen MR) is 130 cm³/mol. The Labute approximate surface area is 196 Å². The van der Waals surface area contributed by atoms with Crippen molar-refractivity contribution >= 4 is 5.91 Å². The van der Waals surface area contributed by atoms with Gasteiger partial charge in [-0.25, -0.2) is 0 Å². The van der Waals surface area contributed by atoms with Crippen LogP contribution in [0, 0.1) is 26.7 Å². The van der Waals surface area contributed by atoms with Crippen LogP contribution in [-0.2, 0) is 11.3 Å². The molecule has 0 aliphatic carbocycles. The minimum Gasteiger partial charge on any atom is -0.349 e. The van der Waals surface area contributed by atoms with Gasteiger partial charge in [0.05, 0.1) is 12.6 Å². The van der Waals surface area contributed by atoms with Gasteiger partial charge >= 0.3 is 0 Å². The molecule has 6 heteroatoms. The van der Waals surface area contributed by atoms with E-state index >= 15 is 0 Å². The number of likely N-dealkylation sites (tertiary alicyclic amines) is 1. The normalized spacial score (nSPS) is 16.0. The third-order valence-electron chi connectivity index (χ3n) is 6.83. The topological polar surface area (TPSA) is 71.3 Å². The first kappa shape index (κ1) is 23.2. The van der Waals surface area contributed by atoms with E-state index in [4.69, 9.17) is 4.52 Å². The van der Waals surface area contributed by atoms with E-state index in [-0.39, 0.29) is 17.9 Å². The molecular weight excluding hydrogens is 412 g/mol. The van der Waals surface area contributed by atoms with Crippen molar-refractivity contribution in [1.82, 2.24) is 20.4 Å². The van der Waals surface area contributed by atoms with Crippen molar-refractivity contribution in [1.29, 1.82) is 0 Å². The van der Waals surface area contributed by atoms with Crippen LogP contribution in [0.1, 0.15) is 60.4 Å². The summed E-state index contributed by atoms with van der Waals surface area (Å²) in [5.41, 5.74) is 5.85. The maximum Gasteiger partial charge on any atom is 0.241 e. The number of amides is 1. The van der Waals surface area contributed by atoms with Crippen LogP contribution in [-0.4, -0.2) is 34.0 Å². The van der Waals surface area contributed by atoms with Crippen LogP contribution in [0.15, 0.2) is 47.0 Å². The van der Waals surface area contributed by atoms with E-state index in [9.17, 15) is 4.79 Å². The van der Waals surface area contributed by atoms with Gasteiger partial charge in [-0.1, -0.05) is 54.5 Å². The molecule has 1 fully saturated rings. The Morgan fingerprint density at radius 2 is 1.85 bits per heavy atom. The number of aryl methyl sites for hydroxylation is 3. The number of piperidine rings is 1. The molecule has 0 saturated carbocycles.